The van der Waals surface area contributed by atoms with Gasteiger partial charge < -0.3 is 24.0 Å². The third kappa shape index (κ3) is 5.48. The molecule has 0 aliphatic heterocycles. The average molecular weight is 485 g/mol. The van der Waals surface area contributed by atoms with E-state index in [4.69, 9.17) is 9.47 Å². The van der Waals surface area contributed by atoms with Gasteiger partial charge in [0.15, 0.2) is 0 Å². The molecule has 36 heavy (non-hydrogen) atoms. The van der Waals surface area contributed by atoms with Crippen LogP contribution in [-0.2, 0) is 6.54 Å². The number of para-hydroxylation sites is 1. The second-order valence-corrected chi connectivity index (χ2v) is 9.29. The third-order valence-electron chi connectivity index (χ3n) is 6.51. The Hall–Kier alpha value is -3.54. The van der Waals surface area contributed by atoms with Crippen molar-refractivity contribution in [1.82, 2.24) is 9.47 Å². The van der Waals surface area contributed by atoms with E-state index in [2.05, 4.69) is 66.2 Å². The molecule has 0 saturated carbocycles. The van der Waals surface area contributed by atoms with E-state index in [-0.39, 0.29) is 0 Å². The lowest BCUT2D eigenvalue weighted by molar-refractivity contribution is 0.121. The monoisotopic (exact) mass is 484 g/mol. The number of ether oxygens (including phenoxy) is 2. The van der Waals surface area contributed by atoms with Crippen LogP contribution in [-0.4, -0.2) is 55.5 Å². The van der Waals surface area contributed by atoms with Crippen LogP contribution < -0.4 is 9.47 Å². The zero-order valence-electron chi connectivity index (χ0n) is 21.9. The number of nitrogens with zero attached hydrogens (tertiary/aromatic N) is 2. The number of hydrogen-bond donors (Lipinski definition) is 1. The van der Waals surface area contributed by atoms with Crippen LogP contribution in [0.2, 0.25) is 0 Å². The van der Waals surface area contributed by atoms with Gasteiger partial charge in [0.05, 0.1) is 20.3 Å². The van der Waals surface area contributed by atoms with Crippen molar-refractivity contribution in [3.05, 3.63) is 95.7 Å². The normalized spacial score (nSPS) is 12.1. The number of hydrogen-bond acceptors (Lipinski definition) is 4. The summed E-state index contributed by atoms with van der Waals surface area (Å²) in [5, 5.41) is 11.9. The van der Waals surface area contributed by atoms with E-state index in [1.54, 1.807) is 14.2 Å². The van der Waals surface area contributed by atoms with Crippen molar-refractivity contribution < 1.29 is 14.6 Å². The van der Waals surface area contributed by atoms with Gasteiger partial charge in [-0.3, -0.25) is 0 Å². The van der Waals surface area contributed by atoms with Crippen molar-refractivity contribution in [2.24, 2.45) is 0 Å². The van der Waals surface area contributed by atoms with Gasteiger partial charge >= 0.3 is 0 Å². The molecule has 5 nitrogen and oxygen atoms in total. The summed E-state index contributed by atoms with van der Waals surface area (Å²) in [4.78, 5) is 2.01. The second kappa shape index (κ2) is 11.5. The van der Waals surface area contributed by atoms with Gasteiger partial charge in [-0.15, -0.1) is 0 Å². The zero-order chi connectivity index (χ0) is 25.7. The summed E-state index contributed by atoms with van der Waals surface area (Å²) < 4.78 is 13.0. The Bertz CT molecular complexity index is 1270. The van der Waals surface area contributed by atoms with Crippen LogP contribution in [0.4, 0.5) is 0 Å². The Labute approximate surface area is 214 Å². The first-order valence-electron chi connectivity index (χ1n) is 12.4. The number of methoxy groups -OCH3 is 2. The fraction of sp³-hybridized carbons (Fsp3) is 0.290. The van der Waals surface area contributed by atoms with E-state index in [9.17, 15) is 5.11 Å². The van der Waals surface area contributed by atoms with Crippen molar-refractivity contribution in [1.29, 1.82) is 0 Å². The topological polar surface area (TPSA) is 46.9 Å². The molecule has 0 amide bonds. The van der Waals surface area contributed by atoms with E-state index >= 15 is 0 Å². The maximum Gasteiger partial charge on any atom is 0.118 e. The molecular formula is C31H36N2O3. The second-order valence-electron chi connectivity index (χ2n) is 9.29. The van der Waals surface area contributed by atoms with Crippen molar-refractivity contribution in [3.63, 3.8) is 0 Å². The van der Waals surface area contributed by atoms with Crippen LogP contribution >= 0.6 is 0 Å². The minimum atomic E-state index is -0.458. The Kier molecular flexibility index (Phi) is 8.14. The number of benzene rings is 3. The lowest BCUT2D eigenvalue weighted by atomic mass is 9.88. The average Bonchev–Trinajstić information content (AvgIpc) is 3.24. The highest BCUT2D eigenvalue weighted by Crippen LogP contribution is 2.39. The Balaban J connectivity index is 1.93. The minimum Gasteiger partial charge on any atom is -0.497 e. The molecule has 0 aliphatic rings. The Morgan fingerprint density at radius 1 is 0.861 bits per heavy atom. The van der Waals surface area contributed by atoms with Crippen LogP contribution in [0.15, 0.2) is 79.0 Å². The fourth-order valence-electron chi connectivity index (χ4n) is 4.88. The number of fused-ring (bicyclic) bond motifs is 1. The van der Waals surface area contributed by atoms with Gasteiger partial charge in [-0.1, -0.05) is 49.4 Å². The number of allylic oxidation sites excluding steroid dienone is 1. The van der Waals surface area contributed by atoms with Crippen LogP contribution in [0.1, 0.15) is 30.0 Å². The summed E-state index contributed by atoms with van der Waals surface area (Å²) in [5.41, 5.74) is 7.00. The summed E-state index contributed by atoms with van der Waals surface area (Å²) >= 11 is 0. The van der Waals surface area contributed by atoms with E-state index in [1.807, 2.05) is 43.3 Å². The highest BCUT2D eigenvalue weighted by atomic mass is 16.5. The fourth-order valence-corrected chi connectivity index (χ4v) is 4.88. The largest absolute Gasteiger partial charge is 0.497 e. The van der Waals surface area contributed by atoms with Gasteiger partial charge in [0.1, 0.15) is 11.5 Å². The molecule has 188 valence electrons. The number of aliphatic hydroxyl groups excluding tert-OH is 1. The Morgan fingerprint density at radius 3 is 1.92 bits per heavy atom. The summed E-state index contributed by atoms with van der Waals surface area (Å²) in [6.45, 7) is 3.35. The van der Waals surface area contributed by atoms with E-state index < -0.39 is 6.10 Å². The molecule has 0 aliphatic carbocycles. The molecule has 0 radical (unpaired) electrons. The maximum absolute atomic E-state index is 10.7. The zero-order valence-corrected chi connectivity index (χ0v) is 21.9. The predicted octanol–water partition coefficient (Wildman–Crippen LogP) is 5.95. The molecule has 1 heterocycles. The van der Waals surface area contributed by atoms with Gasteiger partial charge in [0.2, 0.25) is 0 Å². The smallest absolute Gasteiger partial charge is 0.118 e. The van der Waals surface area contributed by atoms with Gasteiger partial charge in [-0.05, 0) is 73.1 Å². The van der Waals surface area contributed by atoms with E-state index in [1.165, 1.54) is 22.1 Å². The van der Waals surface area contributed by atoms with Crippen LogP contribution in [0.3, 0.4) is 0 Å². The SMILES string of the molecule is CCC(=C(c1ccc(OC)cc1)c1ccc(OC)cc1)c1cn(C[C@@H](O)CN(C)C)c2ccccc12. The van der Waals surface area contributed by atoms with Crippen molar-refractivity contribution in [2.45, 2.75) is 26.0 Å². The first-order chi connectivity index (χ1) is 17.4. The van der Waals surface area contributed by atoms with Crippen molar-refractivity contribution in [3.8, 4) is 11.5 Å². The molecule has 3 aromatic carbocycles. The summed E-state index contributed by atoms with van der Waals surface area (Å²) in [6.07, 6.45) is 2.59. The van der Waals surface area contributed by atoms with Crippen LogP contribution in [0.25, 0.3) is 22.0 Å². The summed E-state index contributed by atoms with van der Waals surface area (Å²) in [5.74, 6) is 1.66. The maximum atomic E-state index is 10.7. The quantitative estimate of drug-likeness (QED) is 0.302. The van der Waals surface area contributed by atoms with Crippen molar-refractivity contribution in [2.75, 3.05) is 34.9 Å². The lowest BCUT2D eigenvalue weighted by Gasteiger charge is -2.17. The van der Waals surface area contributed by atoms with Crippen LogP contribution in [0, 0.1) is 0 Å². The highest BCUT2D eigenvalue weighted by molar-refractivity contribution is 6.05. The van der Waals surface area contributed by atoms with Gasteiger partial charge in [0, 0.05) is 35.8 Å². The first kappa shape index (κ1) is 25.5. The summed E-state index contributed by atoms with van der Waals surface area (Å²) in [7, 11) is 7.34. The molecule has 1 N–H and O–H groups in total. The molecule has 4 rings (SSSR count). The molecule has 0 saturated heterocycles. The molecule has 1 atom stereocenters. The summed E-state index contributed by atoms with van der Waals surface area (Å²) in [6, 6.07) is 25.0. The number of likely N-dealkylation sites (N-methyl/N-ethyl adjacent to an activating group) is 1. The molecule has 5 heteroatoms. The number of rotatable bonds is 10. The molecule has 4 aromatic rings. The molecule has 0 bridgehead atoms. The molecular weight excluding hydrogens is 448 g/mol. The molecule has 0 spiro atoms. The standard InChI is InChI=1S/C31H36N2O3/c1-6-27(29-21-33(20-24(34)19-32(2)3)30-10-8-7-9-28(29)30)31(22-11-15-25(35-4)16-12-22)23-13-17-26(36-5)18-14-23/h7-18,21,24,34H,6,19-20H2,1-5H3/t24-/m0/s1. The van der Waals surface area contributed by atoms with Gasteiger partial charge in [-0.2, -0.15) is 0 Å². The van der Waals surface area contributed by atoms with Gasteiger partial charge in [0.25, 0.3) is 0 Å². The third-order valence-corrected chi connectivity index (χ3v) is 6.51. The molecule has 1 aromatic heterocycles. The number of aromatic nitrogens is 1. The van der Waals surface area contributed by atoms with Crippen LogP contribution in [0.5, 0.6) is 11.5 Å². The highest BCUT2D eigenvalue weighted by Gasteiger charge is 2.19. The lowest BCUT2D eigenvalue weighted by Crippen LogP contribution is -2.29. The molecule has 0 unspecified atom stereocenters. The first-order valence-corrected chi connectivity index (χ1v) is 12.4. The van der Waals surface area contributed by atoms with E-state index in [0.29, 0.717) is 13.1 Å². The molecule has 0 fully saturated rings. The minimum absolute atomic E-state index is 0.458. The van der Waals surface area contributed by atoms with Gasteiger partial charge in [-0.25, -0.2) is 0 Å². The predicted molar refractivity (Wildman–Crippen MR) is 149 cm³/mol. The number of aliphatic hydroxyl groups is 1. The Morgan fingerprint density at radius 2 is 1.42 bits per heavy atom. The van der Waals surface area contributed by atoms with Crippen molar-refractivity contribution >= 4 is 22.0 Å². The van der Waals surface area contributed by atoms with E-state index in [0.717, 1.165) is 34.6 Å².